The van der Waals surface area contributed by atoms with Gasteiger partial charge in [0.15, 0.2) is 0 Å². The Bertz CT molecular complexity index is 637. The quantitative estimate of drug-likeness (QED) is 0.714. The number of aliphatic carboxylic acids is 1. The molecule has 1 aliphatic heterocycles. The highest BCUT2D eigenvalue weighted by molar-refractivity contribution is 6.30. The number of hydrogen-bond acceptors (Lipinski definition) is 4. The number of ether oxygens (including phenoxy) is 1. The highest BCUT2D eigenvalue weighted by Gasteiger charge is 2.42. The van der Waals surface area contributed by atoms with Crippen LogP contribution in [0.15, 0.2) is 24.3 Å². The van der Waals surface area contributed by atoms with Crippen molar-refractivity contribution in [1.82, 2.24) is 10.2 Å². The van der Waals surface area contributed by atoms with Crippen LogP contribution in [0.3, 0.4) is 0 Å². The van der Waals surface area contributed by atoms with Gasteiger partial charge in [-0.15, -0.1) is 0 Å². The number of rotatable bonds is 7. The van der Waals surface area contributed by atoms with Crippen LogP contribution in [0.25, 0.3) is 0 Å². The van der Waals surface area contributed by atoms with Crippen molar-refractivity contribution in [3.05, 3.63) is 34.9 Å². The summed E-state index contributed by atoms with van der Waals surface area (Å²) in [7, 11) is 1.66. The molecule has 130 valence electrons. The molecule has 0 aromatic heterocycles. The van der Waals surface area contributed by atoms with Crippen LogP contribution in [0.5, 0.6) is 0 Å². The van der Waals surface area contributed by atoms with Crippen molar-refractivity contribution in [3.63, 3.8) is 0 Å². The molecule has 8 heteroatoms. The molecule has 0 radical (unpaired) electrons. The molecular formula is C16H19ClN2O5. The number of amides is 2. The molecule has 0 bridgehead atoms. The van der Waals surface area contributed by atoms with E-state index >= 15 is 0 Å². The van der Waals surface area contributed by atoms with Crippen molar-refractivity contribution in [1.29, 1.82) is 0 Å². The van der Waals surface area contributed by atoms with Crippen molar-refractivity contribution in [2.24, 2.45) is 5.92 Å². The maximum absolute atomic E-state index is 12.4. The third-order valence-electron chi connectivity index (χ3n) is 3.88. The van der Waals surface area contributed by atoms with Gasteiger partial charge in [-0.1, -0.05) is 23.7 Å². The highest BCUT2D eigenvalue weighted by atomic mass is 35.5. The summed E-state index contributed by atoms with van der Waals surface area (Å²) in [5.41, 5.74) is 0.804. The first-order chi connectivity index (χ1) is 11.4. The van der Waals surface area contributed by atoms with E-state index < -0.39 is 18.5 Å². The topological polar surface area (TPSA) is 95.9 Å². The van der Waals surface area contributed by atoms with Crippen molar-refractivity contribution in [2.75, 3.05) is 26.8 Å². The van der Waals surface area contributed by atoms with Gasteiger partial charge in [0.25, 0.3) is 0 Å². The van der Waals surface area contributed by atoms with Gasteiger partial charge in [0, 0.05) is 25.0 Å². The van der Waals surface area contributed by atoms with E-state index in [1.165, 1.54) is 0 Å². The minimum absolute atomic E-state index is 0.0936. The van der Waals surface area contributed by atoms with E-state index in [2.05, 4.69) is 5.32 Å². The van der Waals surface area contributed by atoms with E-state index in [1.54, 1.807) is 30.1 Å². The number of nitrogens with one attached hydrogen (secondary N) is 1. The first-order valence-electron chi connectivity index (χ1n) is 7.48. The van der Waals surface area contributed by atoms with Crippen LogP contribution in [0.2, 0.25) is 5.02 Å². The smallest absolute Gasteiger partial charge is 0.329 e. The largest absolute Gasteiger partial charge is 0.480 e. The van der Waals surface area contributed by atoms with E-state index in [4.69, 9.17) is 21.4 Å². The lowest BCUT2D eigenvalue weighted by Crippen LogP contribution is -2.36. The van der Waals surface area contributed by atoms with Gasteiger partial charge in [0.2, 0.25) is 11.8 Å². The SMILES string of the molecule is CN1C(=O)CC(C(=O)NCCOCC(=O)O)C1c1cccc(Cl)c1. The van der Waals surface area contributed by atoms with Gasteiger partial charge in [0.1, 0.15) is 6.61 Å². The molecule has 0 saturated carbocycles. The lowest BCUT2D eigenvalue weighted by Gasteiger charge is -2.25. The normalized spacial score (nSPS) is 20.2. The molecule has 1 aromatic rings. The Balaban J connectivity index is 2.00. The lowest BCUT2D eigenvalue weighted by atomic mass is 9.93. The second-order valence-corrected chi connectivity index (χ2v) is 5.99. The van der Waals surface area contributed by atoms with Crippen molar-refractivity contribution in [3.8, 4) is 0 Å². The first kappa shape index (κ1) is 18.2. The second-order valence-electron chi connectivity index (χ2n) is 5.55. The summed E-state index contributed by atoms with van der Waals surface area (Å²) in [6, 6.07) is 6.72. The number of carbonyl (C=O) groups excluding carboxylic acids is 2. The fourth-order valence-corrected chi connectivity index (χ4v) is 2.99. The van der Waals surface area contributed by atoms with E-state index in [0.29, 0.717) is 5.02 Å². The average molecular weight is 355 g/mol. The minimum atomic E-state index is -1.06. The molecule has 1 aliphatic rings. The molecule has 2 unspecified atom stereocenters. The van der Waals surface area contributed by atoms with Gasteiger partial charge >= 0.3 is 5.97 Å². The summed E-state index contributed by atoms with van der Waals surface area (Å²) in [6.07, 6.45) is 0.121. The molecule has 2 amide bonds. The van der Waals surface area contributed by atoms with Crippen LogP contribution in [0.4, 0.5) is 0 Å². The maximum Gasteiger partial charge on any atom is 0.329 e. The number of carboxylic acid groups (broad SMARTS) is 1. The molecule has 1 heterocycles. The minimum Gasteiger partial charge on any atom is -0.480 e. The molecule has 1 saturated heterocycles. The lowest BCUT2D eigenvalue weighted by molar-refractivity contribution is -0.142. The van der Waals surface area contributed by atoms with Crippen molar-refractivity contribution < 1.29 is 24.2 Å². The van der Waals surface area contributed by atoms with Crippen LogP contribution >= 0.6 is 11.6 Å². The maximum atomic E-state index is 12.4. The number of hydrogen-bond donors (Lipinski definition) is 2. The molecular weight excluding hydrogens is 336 g/mol. The molecule has 2 atom stereocenters. The zero-order chi connectivity index (χ0) is 17.7. The van der Waals surface area contributed by atoms with Gasteiger partial charge in [-0.3, -0.25) is 9.59 Å². The summed E-state index contributed by atoms with van der Waals surface area (Å²) in [5.74, 6) is -1.97. The zero-order valence-electron chi connectivity index (χ0n) is 13.2. The van der Waals surface area contributed by atoms with E-state index in [0.717, 1.165) is 5.56 Å². The molecule has 0 aliphatic carbocycles. The average Bonchev–Trinajstić information content (AvgIpc) is 2.82. The molecule has 24 heavy (non-hydrogen) atoms. The van der Waals surface area contributed by atoms with E-state index in [-0.39, 0.29) is 37.4 Å². The van der Waals surface area contributed by atoms with Gasteiger partial charge in [-0.25, -0.2) is 4.79 Å². The molecule has 2 rings (SSSR count). The fraction of sp³-hybridized carbons (Fsp3) is 0.438. The van der Waals surface area contributed by atoms with Crippen LogP contribution in [-0.4, -0.2) is 54.6 Å². The molecule has 2 N–H and O–H groups in total. The van der Waals surface area contributed by atoms with E-state index in [1.807, 2.05) is 6.07 Å². The number of benzene rings is 1. The van der Waals surface area contributed by atoms with Crippen molar-refractivity contribution in [2.45, 2.75) is 12.5 Å². The predicted octanol–water partition coefficient (Wildman–Crippen LogP) is 1.08. The first-order valence-corrected chi connectivity index (χ1v) is 7.86. The van der Waals surface area contributed by atoms with Crippen LogP contribution < -0.4 is 5.32 Å². The monoisotopic (exact) mass is 354 g/mol. The summed E-state index contributed by atoms with van der Waals surface area (Å²) in [5, 5.41) is 11.7. The van der Waals surface area contributed by atoms with Gasteiger partial charge in [-0.2, -0.15) is 0 Å². The zero-order valence-corrected chi connectivity index (χ0v) is 14.0. The summed E-state index contributed by atoms with van der Waals surface area (Å²) in [4.78, 5) is 36.3. The Kier molecular flexibility index (Phi) is 6.16. The summed E-state index contributed by atoms with van der Waals surface area (Å²) < 4.78 is 4.87. The molecule has 1 fully saturated rings. The van der Waals surface area contributed by atoms with Crippen LogP contribution in [0.1, 0.15) is 18.0 Å². The van der Waals surface area contributed by atoms with Gasteiger partial charge in [0.05, 0.1) is 18.6 Å². The second kappa shape index (κ2) is 8.12. The van der Waals surface area contributed by atoms with Crippen LogP contribution in [-0.2, 0) is 19.1 Å². The highest BCUT2D eigenvalue weighted by Crippen LogP contribution is 2.37. The third kappa shape index (κ3) is 4.46. The molecule has 1 aromatic carbocycles. The van der Waals surface area contributed by atoms with Crippen LogP contribution in [0, 0.1) is 5.92 Å². The fourth-order valence-electron chi connectivity index (χ4n) is 2.79. The number of halogens is 1. The Morgan fingerprint density at radius 1 is 1.46 bits per heavy atom. The Morgan fingerprint density at radius 3 is 2.88 bits per heavy atom. The Labute approximate surface area is 144 Å². The van der Waals surface area contributed by atoms with Gasteiger partial charge in [-0.05, 0) is 17.7 Å². The predicted molar refractivity (Wildman–Crippen MR) is 86.5 cm³/mol. The Morgan fingerprint density at radius 2 is 2.21 bits per heavy atom. The number of carboxylic acids is 1. The standard InChI is InChI=1S/C16H19ClN2O5/c1-19-13(20)8-12(15(19)10-3-2-4-11(17)7-10)16(23)18-5-6-24-9-14(21)22/h2-4,7,12,15H,5-6,8-9H2,1H3,(H,18,23)(H,21,22). The van der Waals surface area contributed by atoms with Crippen molar-refractivity contribution >= 4 is 29.4 Å². The Hall–Kier alpha value is -2.12. The number of nitrogens with zero attached hydrogens (tertiary/aromatic N) is 1. The number of likely N-dealkylation sites (tertiary alicyclic amines) is 1. The number of carbonyl (C=O) groups is 3. The summed E-state index contributed by atoms with van der Waals surface area (Å²) in [6.45, 7) is -0.134. The summed E-state index contributed by atoms with van der Waals surface area (Å²) >= 11 is 6.01. The molecule has 7 nitrogen and oxygen atoms in total. The third-order valence-corrected chi connectivity index (χ3v) is 4.12. The van der Waals surface area contributed by atoms with E-state index in [9.17, 15) is 14.4 Å². The van der Waals surface area contributed by atoms with Gasteiger partial charge < -0.3 is 20.1 Å². The molecule has 0 spiro atoms.